The highest BCUT2D eigenvalue weighted by atomic mass is 16.5. The van der Waals surface area contributed by atoms with Crippen molar-refractivity contribution in [2.24, 2.45) is 5.41 Å². The van der Waals surface area contributed by atoms with Crippen LogP contribution in [-0.2, 0) is 0 Å². The van der Waals surface area contributed by atoms with Gasteiger partial charge in [-0.1, -0.05) is 38.8 Å². The lowest BCUT2D eigenvalue weighted by Crippen LogP contribution is -2.36. The van der Waals surface area contributed by atoms with Crippen LogP contribution in [0.2, 0.25) is 0 Å². The first-order chi connectivity index (χ1) is 10.3. The van der Waals surface area contributed by atoms with Gasteiger partial charge in [0, 0.05) is 6.04 Å². The molecule has 2 aliphatic carbocycles. The van der Waals surface area contributed by atoms with E-state index >= 15 is 0 Å². The van der Waals surface area contributed by atoms with Crippen LogP contribution in [0.15, 0.2) is 24.3 Å². The van der Waals surface area contributed by atoms with Gasteiger partial charge in [-0.3, -0.25) is 0 Å². The third kappa shape index (κ3) is 3.26. The van der Waals surface area contributed by atoms with E-state index in [-0.39, 0.29) is 0 Å². The highest BCUT2D eigenvalue weighted by Crippen LogP contribution is 2.50. The maximum atomic E-state index is 6.00. The molecular weight excluding hydrogens is 258 g/mol. The summed E-state index contributed by atoms with van der Waals surface area (Å²) in [6.07, 6.45) is 9.66. The van der Waals surface area contributed by atoms with E-state index in [4.69, 9.17) is 4.74 Å². The quantitative estimate of drug-likeness (QED) is 0.774. The van der Waals surface area contributed by atoms with Gasteiger partial charge in [0.2, 0.25) is 0 Å². The van der Waals surface area contributed by atoms with E-state index in [1.54, 1.807) is 0 Å². The van der Waals surface area contributed by atoms with Crippen molar-refractivity contribution < 1.29 is 4.74 Å². The van der Waals surface area contributed by atoms with Gasteiger partial charge in [0.05, 0.1) is 6.10 Å². The molecule has 3 rings (SSSR count). The molecule has 2 aliphatic rings. The molecule has 2 saturated carbocycles. The minimum Gasteiger partial charge on any atom is -0.490 e. The van der Waals surface area contributed by atoms with Crippen molar-refractivity contribution in [3.05, 3.63) is 29.8 Å². The molecule has 0 heterocycles. The van der Waals surface area contributed by atoms with E-state index in [1.807, 2.05) is 0 Å². The molecule has 1 aromatic carbocycles. The van der Waals surface area contributed by atoms with Crippen molar-refractivity contribution in [3.63, 3.8) is 0 Å². The first-order valence-electron chi connectivity index (χ1n) is 8.77. The van der Waals surface area contributed by atoms with Crippen molar-refractivity contribution in [1.29, 1.82) is 0 Å². The lowest BCUT2D eigenvalue weighted by Gasteiger charge is -2.38. The third-order valence-electron chi connectivity index (χ3n) is 5.34. The van der Waals surface area contributed by atoms with Gasteiger partial charge in [0.15, 0.2) is 0 Å². The first-order valence-corrected chi connectivity index (χ1v) is 8.77. The summed E-state index contributed by atoms with van der Waals surface area (Å²) in [4.78, 5) is 0. The molecule has 2 nitrogen and oxygen atoms in total. The fourth-order valence-electron chi connectivity index (χ4n) is 3.96. The van der Waals surface area contributed by atoms with Crippen LogP contribution in [-0.4, -0.2) is 12.6 Å². The molecule has 1 N–H and O–H groups in total. The number of ether oxygens (including phenoxy) is 1. The molecule has 1 unspecified atom stereocenters. The second-order valence-electron chi connectivity index (χ2n) is 6.80. The number of rotatable bonds is 7. The Labute approximate surface area is 129 Å². The maximum Gasteiger partial charge on any atom is 0.120 e. The minimum atomic E-state index is 0.439. The Morgan fingerprint density at radius 3 is 2.62 bits per heavy atom. The molecule has 2 fully saturated rings. The van der Waals surface area contributed by atoms with Crippen molar-refractivity contribution in [2.75, 3.05) is 6.54 Å². The van der Waals surface area contributed by atoms with E-state index in [2.05, 4.69) is 43.4 Å². The highest BCUT2D eigenvalue weighted by molar-refractivity contribution is 5.32. The molecular formula is C19H29NO. The molecule has 0 saturated heterocycles. The number of nitrogens with one attached hydrogen (secondary N) is 1. The fraction of sp³-hybridized carbons (Fsp3) is 0.684. The average molecular weight is 287 g/mol. The van der Waals surface area contributed by atoms with Crippen molar-refractivity contribution in [3.8, 4) is 5.75 Å². The van der Waals surface area contributed by atoms with Crippen molar-refractivity contribution in [1.82, 2.24) is 5.32 Å². The summed E-state index contributed by atoms with van der Waals surface area (Å²) in [5.41, 5.74) is 1.85. The zero-order valence-corrected chi connectivity index (χ0v) is 13.5. The monoisotopic (exact) mass is 287 g/mol. The van der Waals surface area contributed by atoms with E-state index in [0.717, 1.165) is 12.3 Å². The van der Waals surface area contributed by atoms with E-state index < -0.39 is 0 Å². The van der Waals surface area contributed by atoms with Crippen LogP contribution in [0.1, 0.15) is 70.4 Å². The Bertz CT molecular complexity index is 460. The summed E-state index contributed by atoms with van der Waals surface area (Å²) in [5, 5.41) is 3.77. The Morgan fingerprint density at radius 1 is 1.24 bits per heavy atom. The summed E-state index contributed by atoms with van der Waals surface area (Å²) >= 11 is 0. The zero-order valence-electron chi connectivity index (χ0n) is 13.5. The SMILES string of the molecule is CCNC(c1cccc(OC2CC2)c1)C1(CC)CCCC1. The molecule has 2 heteroatoms. The summed E-state index contributed by atoms with van der Waals surface area (Å²) in [5.74, 6) is 1.06. The fourth-order valence-corrected chi connectivity index (χ4v) is 3.96. The summed E-state index contributed by atoms with van der Waals surface area (Å²) in [7, 11) is 0. The van der Waals surface area contributed by atoms with Gasteiger partial charge in [-0.25, -0.2) is 0 Å². The molecule has 1 aromatic rings. The molecule has 0 radical (unpaired) electrons. The van der Waals surface area contributed by atoms with Crippen LogP contribution in [0.3, 0.4) is 0 Å². The van der Waals surface area contributed by atoms with Gasteiger partial charge in [0.1, 0.15) is 5.75 Å². The zero-order chi connectivity index (χ0) is 14.7. The van der Waals surface area contributed by atoms with Crippen LogP contribution in [0.4, 0.5) is 0 Å². The van der Waals surface area contributed by atoms with E-state index in [0.29, 0.717) is 17.6 Å². The number of hydrogen-bond donors (Lipinski definition) is 1. The third-order valence-corrected chi connectivity index (χ3v) is 5.34. The largest absolute Gasteiger partial charge is 0.490 e. The van der Waals surface area contributed by atoms with Crippen LogP contribution in [0, 0.1) is 5.41 Å². The molecule has 0 aliphatic heterocycles. The second kappa shape index (κ2) is 6.39. The topological polar surface area (TPSA) is 21.3 Å². The van der Waals surface area contributed by atoms with Gasteiger partial charge >= 0.3 is 0 Å². The molecule has 21 heavy (non-hydrogen) atoms. The lowest BCUT2D eigenvalue weighted by atomic mass is 9.73. The predicted octanol–water partition coefficient (Wildman–Crippen LogP) is 4.85. The Morgan fingerprint density at radius 2 is 2.00 bits per heavy atom. The Balaban J connectivity index is 1.85. The molecule has 0 spiro atoms. The first kappa shape index (κ1) is 14.9. The molecule has 0 aromatic heterocycles. The van der Waals surface area contributed by atoms with Gasteiger partial charge in [-0.2, -0.15) is 0 Å². The standard InChI is InChI=1S/C19H29NO/c1-3-19(12-5-6-13-19)18(20-4-2)15-8-7-9-17(14-15)21-16-10-11-16/h7-9,14,16,18,20H,3-6,10-13H2,1-2H3. The molecule has 0 bridgehead atoms. The average Bonchev–Trinajstić information content (AvgIpc) is 3.19. The smallest absolute Gasteiger partial charge is 0.120 e. The Kier molecular flexibility index (Phi) is 4.54. The van der Waals surface area contributed by atoms with E-state index in [9.17, 15) is 0 Å². The van der Waals surface area contributed by atoms with Crippen molar-refractivity contribution >= 4 is 0 Å². The van der Waals surface area contributed by atoms with Gasteiger partial charge in [-0.05, 0) is 61.8 Å². The molecule has 116 valence electrons. The normalized spacial score (nSPS) is 22.2. The number of benzene rings is 1. The van der Waals surface area contributed by atoms with Crippen LogP contribution in [0.25, 0.3) is 0 Å². The minimum absolute atomic E-state index is 0.439. The van der Waals surface area contributed by atoms with Crippen LogP contribution < -0.4 is 10.1 Å². The summed E-state index contributed by atoms with van der Waals surface area (Å²) < 4.78 is 6.00. The van der Waals surface area contributed by atoms with Crippen LogP contribution in [0.5, 0.6) is 5.75 Å². The lowest BCUT2D eigenvalue weighted by molar-refractivity contribution is 0.188. The predicted molar refractivity (Wildman–Crippen MR) is 87.7 cm³/mol. The maximum absolute atomic E-state index is 6.00. The summed E-state index contributed by atoms with van der Waals surface area (Å²) in [6, 6.07) is 9.30. The molecule has 0 amide bonds. The Hall–Kier alpha value is -1.02. The highest BCUT2D eigenvalue weighted by Gasteiger charge is 2.40. The van der Waals surface area contributed by atoms with E-state index in [1.165, 1.54) is 50.5 Å². The molecule has 1 atom stereocenters. The van der Waals surface area contributed by atoms with Gasteiger partial charge < -0.3 is 10.1 Å². The summed E-state index contributed by atoms with van der Waals surface area (Å²) in [6.45, 7) is 5.61. The second-order valence-corrected chi connectivity index (χ2v) is 6.80. The van der Waals surface area contributed by atoms with Crippen molar-refractivity contribution in [2.45, 2.75) is 70.9 Å². The van der Waals surface area contributed by atoms with Gasteiger partial charge in [0.25, 0.3) is 0 Å². The number of hydrogen-bond acceptors (Lipinski definition) is 2. The van der Waals surface area contributed by atoms with Crippen LogP contribution >= 0.6 is 0 Å². The van der Waals surface area contributed by atoms with Gasteiger partial charge in [-0.15, -0.1) is 0 Å².